The maximum Gasteiger partial charge on any atom is 0.0598 e. The Morgan fingerprint density at radius 1 is 1.25 bits per heavy atom. The maximum absolute atomic E-state index is 5.81. The van der Waals surface area contributed by atoms with Crippen LogP contribution in [-0.2, 0) is 4.74 Å². The summed E-state index contributed by atoms with van der Waals surface area (Å²) in [6.45, 7) is 11.3. The molecular formula is C10H21ClO. The molecule has 0 spiro atoms. The van der Waals surface area contributed by atoms with Crippen molar-refractivity contribution < 1.29 is 4.74 Å². The molecule has 0 aromatic rings. The Balaban J connectivity index is 3.73. The van der Waals surface area contributed by atoms with Crippen LogP contribution in [0.2, 0.25) is 0 Å². The van der Waals surface area contributed by atoms with Gasteiger partial charge in [0.1, 0.15) is 0 Å². The molecule has 0 aliphatic rings. The summed E-state index contributed by atoms with van der Waals surface area (Å²) in [6.07, 6.45) is 0. The average Bonchev–Trinajstić information content (AvgIpc) is 1.85. The second-order valence-electron chi connectivity index (χ2n) is 4.58. The third-order valence-corrected chi connectivity index (χ3v) is 2.27. The van der Waals surface area contributed by atoms with E-state index in [2.05, 4.69) is 34.6 Å². The van der Waals surface area contributed by atoms with Crippen LogP contribution in [0.4, 0.5) is 0 Å². The van der Waals surface area contributed by atoms with Crippen LogP contribution < -0.4 is 0 Å². The Kier molecular flexibility index (Phi) is 5.19. The van der Waals surface area contributed by atoms with Gasteiger partial charge in [-0.05, 0) is 32.6 Å². The quantitative estimate of drug-likeness (QED) is 0.621. The Morgan fingerprint density at radius 2 is 1.75 bits per heavy atom. The molecule has 0 saturated carbocycles. The summed E-state index contributed by atoms with van der Waals surface area (Å²) < 4.78 is 5.66. The van der Waals surface area contributed by atoms with Crippen LogP contribution in [0.25, 0.3) is 0 Å². The highest BCUT2D eigenvalue weighted by atomic mass is 35.5. The molecule has 0 aromatic heterocycles. The van der Waals surface area contributed by atoms with Gasteiger partial charge in [-0.25, -0.2) is 0 Å². The monoisotopic (exact) mass is 192 g/mol. The van der Waals surface area contributed by atoms with E-state index in [1.165, 1.54) is 0 Å². The summed E-state index contributed by atoms with van der Waals surface area (Å²) in [5.74, 6) is 1.77. The molecular weight excluding hydrogens is 172 g/mol. The molecule has 1 atom stereocenters. The summed E-state index contributed by atoms with van der Waals surface area (Å²) in [6, 6.07) is 0. The second-order valence-corrected chi connectivity index (χ2v) is 4.89. The molecule has 0 heterocycles. The molecule has 1 nitrogen and oxygen atoms in total. The predicted octanol–water partition coefficient (Wildman–Crippen LogP) is 3.31. The van der Waals surface area contributed by atoms with Crippen molar-refractivity contribution in [2.45, 2.75) is 40.2 Å². The Morgan fingerprint density at radius 3 is 2.00 bits per heavy atom. The first kappa shape index (κ1) is 12.2. The van der Waals surface area contributed by atoms with Gasteiger partial charge in [-0.2, -0.15) is 0 Å². The summed E-state index contributed by atoms with van der Waals surface area (Å²) in [4.78, 5) is 0. The van der Waals surface area contributed by atoms with Gasteiger partial charge >= 0.3 is 0 Å². The van der Waals surface area contributed by atoms with Gasteiger partial charge in [-0.1, -0.05) is 13.8 Å². The molecule has 0 fully saturated rings. The van der Waals surface area contributed by atoms with E-state index in [0.717, 1.165) is 6.61 Å². The summed E-state index contributed by atoms with van der Waals surface area (Å²) in [7, 11) is 0. The SMILES string of the molecule is CC(C)C(CCl)COC(C)(C)C. The fraction of sp³-hybridized carbons (Fsp3) is 1.00. The molecule has 12 heavy (non-hydrogen) atoms. The minimum atomic E-state index is -0.0425. The molecule has 2 heteroatoms. The van der Waals surface area contributed by atoms with Crippen LogP contribution in [0.5, 0.6) is 0 Å². The number of rotatable bonds is 4. The van der Waals surface area contributed by atoms with Crippen LogP contribution >= 0.6 is 11.6 Å². The van der Waals surface area contributed by atoms with E-state index in [1.54, 1.807) is 0 Å². The van der Waals surface area contributed by atoms with Gasteiger partial charge in [0.2, 0.25) is 0 Å². The second kappa shape index (κ2) is 5.08. The summed E-state index contributed by atoms with van der Waals surface area (Å²) in [5.41, 5.74) is -0.0425. The number of alkyl halides is 1. The summed E-state index contributed by atoms with van der Waals surface area (Å²) in [5, 5.41) is 0. The fourth-order valence-electron chi connectivity index (χ4n) is 0.772. The molecule has 0 aliphatic heterocycles. The highest BCUT2D eigenvalue weighted by molar-refractivity contribution is 6.18. The van der Waals surface area contributed by atoms with Gasteiger partial charge in [-0.3, -0.25) is 0 Å². The zero-order chi connectivity index (χ0) is 9.78. The van der Waals surface area contributed by atoms with E-state index in [9.17, 15) is 0 Å². The first-order valence-corrected chi connectivity index (χ1v) is 5.10. The third-order valence-electron chi connectivity index (χ3n) is 1.87. The number of hydrogen-bond donors (Lipinski definition) is 0. The third kappa shape index (κ3) is 5.84. The van der Waals surface area contributed by atoms with Crippen molar-refractivity contribution in [2.24, 2.45) is 11.8 Å². The van der Waals surface area contributed by atoms with Gasteiger partial charge in [0.05, 0.1) is 12.2 Å². The smallest absolute Gasteiger partial charge is 0.0598 e. The highest BCUT2D eigenvalue weighted by Gasteiger charge is 2.17. The Labute approximate surface area is 81.4 Å². The van der Waals surface area contributed by atoms with Gasteiger partial charge in [-0.15, -0.1) is 11.6 Å². The Hall–Kier alpha value is 0.250. The molecule has 0 aromatic carbocycles. The van der Waals surface area contributed by atoms with Gasteiger partial charge < -0.3 is 4.74 Å². The van der Waals surface area contributed by atoms with Gasteiger partial charge in [0, 0.05) is 5.88 Å². The normalized spacial score (nSPS) is 15.2. The molecule has 1 unspecified atom stereocenters. The first-order valence-electron chi connectivity index (χ1n) is 4.56. The maximum atomic E-state index is 5.81. The molecule has 0 aliphatic carbocycles. The van der Waals surface area contributed by atoms with Crippen LogP contribution in [-0.4, -0.2) is 18.1 Å². The topological polar surface area (TPSA) is 9.23 Å². The molecule has 0 rings (SSSR count). The van der Waals surface area contributed by atoms with E-state index >= 15 is 0 Å². The zero-order valence-electron chi connectivity index (χ0n) is 8.86. The van der Waals surface area contributed by atoms with E-state index < -0.39 is 0 Å². The molecule has 0 amide bonds. The average molecular weight is 193 g/mol. The van der Waals surface area contributed by atoms with E-state index in [0.29, 0.717) is 17.7 Å². The van der Waals surface area contributed by atoms with Crippen LogP contribution in [0.1, 0.15) is 34.6 Å². The van der Waals surface area contributed by atoms with Crippen molar-refractivity contribution in [3.8, 4) is 0 Å². The van der Waals surface area contributed by atoms with Gasteiger partial charge in [0.15, 0.2) is 0 Å². The lowest BCUT2D eigenvalue weighted by atomic mass is 9.99. The molecule has 0 N–H and O–H groups in total. The molecule has 0 bridgehead atoms. The van der Waals surface area contributed by atoms with Crippen molar-refractivity contribution in [1.29, 1.82) is 0 Å². The van der Waals surface area contributed by atoms with E-state index in [-0.39, 0.29) is 5.60 Å². The largest absolute Gasteiger partial charge is 0.376 e. The fourth-order valence-corrected chi connectivity index (χ4v) is 1.22. The highest BCUT2D eigenvalue weighted by Crippen LogP contribution is 2.16. The van der Waals surface area contributed by atoms with Crippen LogP contribution in [0.15, 0.2) is 0 Å². The lowest BCUT2D eigenvalue weighted by Crippen LogP contribution is -2.26. The van der Waals surface area contributed by atoms with Crippen molar-refractivity contribution in [3.05, 3.63) is 0 Å². The molecule has 0 radical (unpaired) electrons. The standard InChI is InChI=1S/C10H21ClO/c1-8(2)9(6-11)7-12-10(3,4)5/h8-9H,6-7H2,1-5H3. The van der Waals surface area contributed by atoms with Crippen molar-refractivity contribution in [2.75, 3.05) is 12.5 Å². The zero-order valence-corrected chi connectivity index (χ0v) is 9.61. The lowest BCUT2D eigenvalue weighted by Gasteiger charge is -2.25. The van der Waals surface area contributed by atoms with E-state index in [4.69, 9.17) is 16.3 Å². The van der Waals surface area contributed by atoms with Crippen LogP contribution in [0, 0.1) is 11.8 Å². The molecule has 74 valence electrons. The number of ether oxygens (including phenoxy) is 1. The van der Waals surface area contributed by atoms with Gasteiger partial charge in [0.25, 0.3) is 0 Å². The minimum absolute atomic E-state index is 0.0425. The van der Waals surface area contributed by atoms with Crippen molar-refractivity contribution >= 4 is 11.6 Å². The minimum Gasteiger partial charge on any atom is -0.376 e. The summed E-state index contributed by atoms with van der Waals surface area (Å²) >= 11 is 5.81. The molecule has 0 saturated heterocycles. The predicted molar refractivity (Wildman–Crippen MR) is 54.8 cm³/mol. The van der Waals surface area contributed by atoms with Crippen molar-refractivity contribution in [1.82, 2.24) is 0 Å². The Bertz CT molecular complexity index is 115. The van der Waals surface area contributed by atoms with Crippen LogP contribution in [0.3, 0.4) is 0 Å². The first-order chi connectivity index (χ1) is 5.37. The van der Waals surface area contributed by atoms with E-state index in [1.807, 2.05) is 0 Å². The number of halogens is 1. The number of hydrogen-bond acceptors (Lipinski definition) is 1. The lowest BCUT2D eigenvalue weighted by molar-refractivity contribution is -0.0255. The van der Waals surface area contributed by atoms with Crippen molar-refractivity contribution in [3.63, 3.8) is 0 Å².